The summed E-state index contributed by atoms with van der Waals surface area (Å²) in [7, 11) is 0. The molecule has 1 saturated heterocycles. The quantitative estimate of drug-likeness (QED) is 0.560. The molecule has 3 rings (SSSR count). The van der Waals surface area contributed by atoms with Gasteiger partial charge in [0, 0.05) is 22.8 Å². The number of hydrogen-bond acceptors (Lipinski definition) is 2. The predicted molar refractivity (Wildman–Crippen MR) is 80.6 cm³/mol. The first kappa shape index (κ1) is 16.7. The third kappa shape index (κ3) is 3.69. The van der Waals surface area contributed by atoms with E-state index >= 15 is 0 Å². The molecule has 1 aliphatic heterocycles. The Kier molecular flexibility index (Phi) is 4.48. The second-order valence-corrected chi connectivity index (χ2v) is 5.76. The van der Waals surface area contributed by atoms with Crippen LogP contribution in [0.15, 0.2) is 30.3 Å². The summed E-state index contributed by atoms with van der Waals surface area (Å²) in [5, 5.41) is 0.755. The zero-order valence-electron chi connectivity index (χ0n) is 12.8. The van der Waals surface area contributed by atoms with Gasteiger partial charge in [-0.2, -0.15) is 13.2 Å². The molecule has 2 aromatic carbocycles. The number of fused-ring (bicyclic) bond motifs is 1. The van der Waals surface area contributed by atoms with Gasteiger partial charge in [0.15, 0.2) is 6.29 Å². The molecule has 1 aliphatic rings. The minimum Gasteiger partial charge on any atom is -0.348 e. The fraction of sp³-hybridized carbons (Fsp3) is 0.333. The number of hydrogen-bond donors (Lipinski definition) is 0. The van der Waals surface area contributed by atoms with Crippen LogP contribution < -0.4 is 0 Å². The number of halogens is 4. The van der Waals surface area contributed by atoms with E-state index in [9.17, 15) is 17.6 Å². The molecule has 0 bridgehead atoms. The molecule has 126 valence electrons. The predicted octanol–water partition coefficient (Wildman–Crippen LogP) is 4.57. The van der Waals surface area contributed by atoms with Crippen LogP contribution in [0, 0.1) is 23.6 Å². The Bertz CT molecular complexity index is 809. The number of benzene rings is 2. The summed E-state index contributed by atoms with van der Waals surface area (Å²) in [5.74, 6) is 2.45. The largest absolute Gasteiger partial charge is 0.458 e. The van der Waals surface area contributed by atoms with Gasteiger partial charge in [0.05, 0.1) is 18.8 Å². The minimum absolute atomic E-state index is 0.205. The van der Waals surface area contributed by atoms with Gasteiger partial charge in [-0.05, 0) is 17.5 Å². The first-order valence-electron chi connectivity index (χ1n) is 7.39. The van der Waals surface area contributed by atoms with Crippen LogP contribution in [-0.2, 0) is 9.47 Å². The molecule has 24 heavy (non-hydrogen) atoms. The van der Waals surface area contributed by atoms with E-state index < -0.39 is 18.3 Å². The SMILES string of the molecule is CC1COC(c2ccc3c(F)c(C#CC(F)(F)F)ccc3c2)OC1. The molecular weight excluding hydrogens is 324 g/mol. The fourth-order valence-electron chi connectivity index (χ4n) is 2.48. The monoisotopic (exact) mass is 338 g/mol. The lowest BCUT2D eigenvalue weighted by atomic mass is 10.0. The Hall–Kier alpha value is -2.10. The van der Waals surface area contributed by atoms with Gasteiger partial charge in [-0.25, -0.2) is 4.39 Å². The Morgan fingerprint density at radius 2 is 1.79 bits per heavy atom. The van der Waals surface area contributed by atoms with E-state index in [1.54, 1.807) is 12.1 Å². The third-order valence-electron chi connectivity index (χ3n) is 3.65. The van der Waals surface area contributed by atoms with Gasteiger partial charge in [-0.1, -0.05) is 31.0 Å². The van der Waals surface area contributed by atoms with Crippen LogP contribution in [0.4, 0.5) is 17.6 Å². The molecule has 0 aromatic heterocycles. The Balaban J connectivity index is 1.93. The van der Waals surface area contributed by atoms with E-state index in [-0.39, 0.29) is 10.9 Å². The maximum Gasteiger partial charge on any atom is 0.458 e. The molecule has 1 fully saturated rings. The van der Waals surface area contributed by atoms with Crippen molar-refractivity contribution in [3.05, 3.63) is 47.3 Å². The number of ether oxygens (including phenoxy) is 2. The topological polar surface area (TPSA) is 18.5 Å². The van der Waals surface area contributed by atoms with Crippen molar-refractivity contribution in [3.63, 3.8) is 0 Å². The average Bonchev–Trinajstić information content (AvgIpc) is 2.54. The van der Waals surface area contributed by atoms with Crippen molar-refractivity contribution in [2.24, 2.45) is 5.92 Å². The Morgan fingerprint density at radius 3 is 2.46 bits per heavy atom. The van der Waals surface area contributed by atoms with E-state index in [4.69, 9.17) is 9.47 Å². The summed E-state index contributed by atoms with van der Waals surface area (Å²) in [6, 6.07) is 7.63. The lowest BCUT2D eigenvalue weighted by Crippen LogP contribution is -2.24. The van der Waals surface area contributed by atoms with Crippen molar-refractivity contribution < 1.29 is 27.0 Å². The van der Waals surface area contributed by atoms with Crippen LogP contribution in [-0.4, -0.2) is 19.4 Å². The summed E-state index contributed by atoms with van der Waals surface area (Å²) in [5.41, 5.74) is 0.453. The normalized spacial score (nSPS) is 21.4. The van der Waals surface area contributed by atoms with Gasteiger partial charge in [0.1, 0.15) is 5.82 Å². The maximum atomic E-state index is 14.3. The molecule has 0 N–H and O–H groups in total. The molecule has 6 heteroatoms. The molecule has 0 spiro atoms. The molecule has 2 nitrogen and oxygen atoms in total. The molecular formula is C18H14F4O2. The highest BCUT2D eigenvalue weighted by Crippen LogP contribution is 2.29. The van der Waals surface area contributed by atoms with Crippen LogP contribution in [0.25, 0.3) is 10.8 Å². The standard InChI is InChI=1S/C18H14F4O2/c1-11-9-23-17(24-10-11)14-4-5-15-13(8-14)3-2-12(16(15)19)6-7-18(20,21)22/h2-5,8,11,17H,9-10H2,1H3. The summed E-state index contributed by atoms with van der Waals surface area (Å²) in [6.45, 7) is 3.15. The van der Waals surface area contributed by atoms with E-state index in [2.05, 4.69) is 0 Å². The van der Waals surface area contributed by atoms with Crippen LogP contribution in [0.1, 0.15) is 24.3 Å². The van der Waals surface area contributed by atoms with Crippen molar-refractivity contribution in [1.29, 1.82) is 0 Å². The third-order valence-corrected chi connectivity index (χ3v) is 3.65. The molecule has 0 amide bonds. The van der Waals surface area contributed by atoms with Crippen molar-refractivity contribution in [2.75, 3.05) is 13.2 Å². The lowest BCUT2D eigenvalue weighted by molar-refractivity contribution is -0.202. The van der Waals surface area contributed by atoms with Gasteiger partial charge in [-0.3, -0.25) is 0 Å². The second-order valence-electron chi connectivity index (χ2n) is 5.76. The molecule has 0 radical (unpaired) electrons. The highest BCUT2D eigenvalue weighted by Gasteiger charge is 2.23. The van der Waals surface area contributed by atoms with Crippen LogP contribution >= 0.6 is 0 Å². The zero-order chi connectivity index (χ0) is 17.3. The Labute approximate surface area is 136 Å². The van der Waals surface area contributed by atoms with E-state index in [1.807, 2.05) is 12.8 Å². The summed E-state index contributed by atoms with van der Waals surface area (Å²) < 4.78 is 62.0. The van der Waals surface area contributed by atoms with Crippen LogP contribution in [0.5, 0.6) is 0 Å². The molecule has 0 saturated carbocycles. The van der Waals surface area contributed by atoms with Gasteiger partial charge in [0.25, 0.3) is 0 Å². The molecule has 0 aliphatic carbocycles. The van der Waals surface area contributed by atoms with Crippen LogP contribution in [0.2, 0.25) is 0 Å². The first-order chi connectivity index (χ1) is 11.3. The Morgan fingerprint density at radius 1 is 1.08 bits per heavy atom. The minimum atomic E-state index is -4.65. The summed E-state index contributed by atoms with van der Waals surface area (Å²) in [4.78, 5) is 0. The number of alkyl halides is 3. The molecule has 0 unspecified atom stereocenters. The smallest absolute Gasteiger partial charge is 0.348 e. The van der Waals surface area contributed by atoms with Crippen molar-refractivity contribution >= 4 is 10.8 Å². The molecule has 1 heterocycles. The van der Waals surface area contributed by atoms with E-state index in [0.717, 1.165) is 11.5 Å². The number of rotatable bonds is 1. The lowest BCUT2D eigenvalue weighted by Gasteiger charge is -2.27. The van der Waals surface area contributed by atoms with Crippen molar-refractivity contribution in [3.8, 4) is 11.8 Å². The second kappa shape index (κ2) is 6.42. The molecule has 0 atom stereocenters. The van der Waals surface area contributed by atoms with Gasteiger partial charge in [-0.15, -0.1) is 0 Å². The van der Waals surface area contributed by atoms with Crippen molar-refractivity contribution in [1.82, 2.24) is 0 Å². The van der Waals surface area contributed by atoms with Crippen molar-refractivity contribution in [2.45, 2.75) is 19.4 Å². The van der Waals surface area contributed by atoms with Crippen LogP contribution in [0.3, 0.4) is 0 Å². The average molecular weight is 338 g/mol. The molecule has 2 aromatic rings. The summed E-state index contributed by atoms with van der Waals surface area (Å²) >= 11 is 0. The highest BCUT2D eigenvalue weighted by molar-refractivity contribution is 5.85. The summed E-state index contributed by atoms with van der Waals surface area (Å²) in [6.07, 6.45) is -5.17. The zero-order valence-corrected chi connectivity index (χ0v) is 12.8. The van der Waals surface area contributed by atoms with Gasteiger partial charge in [0.2, 0.25) is 0 Å². The maximum absolute atomic E-state index is 14.3. The first-order valence-corrected chi connectivity index (χ1v) is 7.39. The van der Waals surface area contributed by atoms with Gasteiger partial charge < -0.3 is 9.47 Å². The van der Waals surface area contributed by atoms with Gasteiger partial charge >= 0.3 is 6.18 Å². The highest BCUT2D eigenvalue weighted by atomic mass is 19.4. The van der Waals surface area contributed by atoms with E-state index in [1.165, 1.54) is 18.2 Å². The fourth-order valence-corrected chi connectivity index (χ4v) is 2.48. The van der Waals surface area contributed by atoms with E-state index in [0.29, 0.717) is 24.5 Å².